The average molecular weight is 210 g/mol. The molecule has 4 nitrogen and oxygen atoms in total. The standard InChI is InChI=1S/C11H18N2O2/c1-9(2)7-5-6-10(3)11(7,4)13(12-9)8(14)15-10/h7,12H,5-6H2,1-4H3/t7-,10+,11+/m0/s1. The number of hydrazine groups is 1. The van der Waals surface area contributed by atoms with Crippen LogP contribution in [0.1, 0.15) is 40.5 Å². The molecule has 2 saturated heterocycles. The lowest BCUT2D eigenvalue weighted by Gasteiger charge is -2.34. The van der Waals surface area contributed by atoms with E-state index in [1.165, 1.54) is 0 Å². The zero-order valence-electron chi connectivity index (χ0n) is 9.76. The first-order valence-corrected chi connectivity index (χ1v) is 5.62. The fraction of sp³-hybridized carbons (Fsp3) is 0.909. The SMILES string of the molecule is CC1(C)NN2C(=O)O[C@]3(C)CC[C@@H]1[C@@]23C. The lowest BCUT2D eigenvalue weighted by Crippen LogP contribution is -2.52. The molecule has 0 radical (unpaired) electrons. The van der Waals surface area contributed by atoms with Crippen LogP contribution in [0.5, 0.6) is 0 Å². The summed E-state index contributed by atoms with van der Waals surface area (Å²) in [4.78, 5) is 11.8. The van der Waals surface area contributed by atoms with Gasteiger partial charge in [0.05, 0.1) is 0 Å². The molecule has 0 aromatic heterocycles. The number of rotatable bonds is 0. The lowest BCUT2D eigenvalue weighted by atomic mass is 9.74. The van der Waals surface area contributed by atoms with E-state index in [0.717, 1.165) is 12.8 Å². The minimum absolute atomic E-state index is 0.00799. The molecule has 1 aliphatic carbocycles. The van der Waals surface area contributed by atoms with Gasteiger partial charge in [-0.3, -0.25) is 0 Å². The van der Waals surface area contributed by atoms with E-state index in [1.54, 1.807) is 5.01 Å². The zero-order chi connectivity index (χ0) is 11.1. The van der Waals surface area contributed by atoms with Crippen molar-refractivity contribution < 1.29 is 9.53 Å². The Labute approximate surface area is 89.9 Å². The normalized spacial score (nSPS) is 50.8. The number of nitrogens with zero attached hydrogens (tertiary/aromatic N) is 1. The second-order valence-electron chi connectivity index (χ2n) is 6.01. The molecule has 0 spiro atoms. The maximum absolute atomic E-state index is 11.8. The van der Waals surface area contributed by atoms with Crippen molar-refractivity contribution in [2.24, 2.45) is 5.92 Å². The van der Waals surface area contributed by atoms with Crippen molar-refractivity contribution in [1.82, 2.24) is 10.4 Å². The maximum atomic E-state index is 11.8. The van der Waals surface area contributed by atoms with Gasteiger partial charge in [-0.15, -0.1) is 0 Å². The number of hydrogen-bond donors (Lipinski definition) is 1. The topological polar surface area (TPSA) is 41.6 Å². The van der Waals surface area contributed by atoms with Gasteiger partial charge < -0.3 is 4.74 Å². The second-order valence-corrected chi connectivity index (χ2v) is 6.01. The summed E-state index contributed by atoms with van der Waals surface area (Å²) in [5.74, 6) is 0.474. The van der Waals surface area contributed by atoms with Gasteiger partial charge in [-0.25, -0.2) is 15.2 Å². The van der Waals surface area contributed by atoms with Crippen molar-refractivity contribution in [3.8, 4) is 0 Å². The third kappa shape index (κ3) is 0.781. The first-order chi connectivity index (χ1) is 6.81. The van der Waals surface area contributed by atoms with Crippen LogP contribution >= 0.6 is 0 Å². The summed E-state index contributed by atoms with van der Waals surface area (Å²) in [6, 6.07) is 0. The van der Waals surface area contributed by atoms with E-state index < -0.39 is 0 Å². The maximum Gasteiger partial charge on any atom is 0.425 e. The molecular formula is C11H18N2O2. The minimum atomic E-state index is -0.310. The van der Waals surface area contributed by atoms with E-state index in [9.17, 15) is 4.79 Å². The Morgan fingerprint density at radius 2 is 2.07 bits per heavy atom. The molecule has 1 saturated carbocycles. The Balaban J connectivity index is 2.16. The Hall–Kier alpha value is -0.770. The predicted molar refractivity (Wildman–Crippen MR) is 55.1 cm³/mol. The number of nitrogens with one attached hydrogen (secondary N) is 1. The average Bonchev–Trinajstić information content (AvgIpc) is 2.54. The van der Waals surface area contributed by atoms with Crippen LogP contribution in [0.15, 0.2) is 0 Å². The van der Waals surface area contributed by atoms with E-state index in [2.05, 4.69) is 33.1 Å². The summed E-state index contributed by atoms with van der Waals surface area (Å²) in [5, 5.41) is 1.73. The zero-order valence-corrected chi connectivity index (χ0v) is 9.76. The summed E-state index contributed by atoms with van der Waals surface area (Å²) < 4.78 is 5.53. The highest BCUT2D eigenvalue weighted by Gasteiger charge is 2.73. The van der Waals surface area contributed by atoms with E-state index in [1.807, 2.05) is 0 Å². The van der Waals surface area contributed by atoms with Crippen molar-refractivity contribution >= 4 is 6.09 Å². The molecule has 3 aliphatic rings. The van der Waals surface area contributed by atoms with Crippen LogP contribution in [0.3, 0.4) is 0 Å². The van der Waals surface area contributed by atoms with Gasteiger partial charge in [0.25, 0.3) is 0 Å². The predicted octanol–water partition coefficient (Wildman–Crippen LogP) is 1.66. The fourth-order valence-corrected chi connectivity index (χ4v) is 3.89. The minimum Gasteiger partial charge on any atom is -0.440 e. The number of hydrogen-bond acceptors (Lipinski definition) is 3. The monoisotopic (exact) mass is 210 g/mol. The summed E-state index contributed by atoms with van der Waals surface area (Å²) in [6.45, 7) is 8.55. The van der Waals surface area contributed by atoms with Crippen LogP contribution in [-0.4, -0.2) is 27.8 Å². The van der Waals surface area contributed by atoms with Gasteiger partial charge in [0.1, 0.15) is 11.1 Å². The van der Waals surface area contributed by atoms with Crippen molar-refractivity contribution in [2.45, 2.75) is 57.2 Å². The number of ether oxygens (including phenoxy) is 1. The summed E-state index contributed by atoms with van der Waals surface area (Å²) in [5.41, 5.74) is 2.81. The third-order valence-electron chi connectivity index (χ3n) is 4.89. The van der Waals surface area contributed by atoms with Crippen LogP contribution in [-0.2, 0) is 4.74 Å². The van der Waals surface area contributed by atoms with Crippen LogP contribution in [0, 0.1) is 5.92 Å². The smallest absolute Gasteiger partial charge is 0.425 e. The van der Waals surface area contributed by atoms with E-state index in [0.29, 0.717) is 5.92 Å². The molecule has 0 aromatic carbocycles. The van der Waals surface area contributed by atoms with Crippen LogP contribution in [0.4, 0.5) is 4.79 Å². The Bertz CT molecular complexity index is 354. The van der Waals surface area contributed by atoms with Crippen molar-refractivity contribution in [3.05, 3.63) is 0 Å². The van der Waals surface area contributed by atoms with Gasteiger partial charge in [-0.1, -0.05) is 0 Å². The van der Waals surface area contributed by atoms with Gasteiger partial charge in [-0.05, 0) is 40.5 Å². The summed E-state index contributed by atoms with van der Waals surface area (Å²) in [7, 11) is 0. The molecule has 2 aliphatic heterocycles. The lowest BCUT2D eigenvalue weighted by molar-refractivity contribution is 0.0267. The molecule has 1 N–H and O–H groups in total. The number of carbonyl (C=O) groups excluding carboxylic acids is 1. The van der Waals surface area contributed by atoms with Crippen molar-refractivity contribution in [3.63, 3.8) is 0 Å². The molecule has 0 bridgehead atoms. The van der Waals surface area contributed by atoms with Gasteiger partial charge in [0.15, 0.2) is 0 Å². The highest BCUT2D eigenvalue weighted by Crippen LogP contribution is 2.59. The molecule has 84 valence electrons. The van der Waals surface area contributed by atoms with Crippen LogP contribution < -0.4 is 5.43 Å². The van der Waals surface area contributed by atoms with Gasteiger partial charge >= 0.3 is 6.09 Å². The Kier molecular flexibility index (Phi) is 1.37. The highest BCUT2D eigenvalue weighted by atomic mass is 16.6. The quantitative estimate of drug-likeness (QED) is 0.661. The van der Waals surface area contributed by atoms with Crippen LogP contribution in [0.2, 0.25) is 0 Å². The molecule has 1 amide bonds. The Morgan fingerprint density at radius 1 is 1.40 bits per heavy atom. The molecule has 3 rings (SSSR count). The molecule has 3 atom stereocenters. The summed E-state index contributed by atoms with van der Waals surface area (Å²) in [6.07, 6.45) is 1.88. The molecule has 4 heteroatoms. The van der Waals surface area contributed by atoms with Gasteiger partial charge in [-0.2, -0.15) is 0 Å². The third-order valence-corrected chi connectivity index (χ3v) is 4.89. The molecule has 2 heterocycles. The van der Waals surface area contributed by atoms with Crippen molar-refractivity contribution in [1.29, 1.82) is 0 Å². The largest absolute Gasteiger partial charge is 0.440 e. The van der Waals surface area contributed by atoms with Crippen molar-refractivity contribution in [2.75, 3.05) is 0 Å². The van der Waals surface area contributed by atoms with E-state index in [4.69, 9.17) is 4.74 Å². The fourth-order valence-electron chi connectivity index (χ4n) is 3.89. The molecule has 0 unspecified atom stereocenters. The van der Waals surface area contributed by atoms with E-state index >= 15 is 0 Å². The first-order valence-electron chi connectivity index (χ1n) is 5.62. The molecule has 0 aromatic rings. The first kappa shape index (κ1) is 9.46. The molecular weight excluding hydrogens is 192 g/mol. The Morgan fingerprint density at radius 3 is 2.73 bits per heavy atom. The number of amides is 1. The van der Waals surface area contributed by atoms with Gasteiger partial charge in [0, 0.05) is 11.5 Å². The van der Waals surface area contributed by atoms with E-state index in [-0.39, 0.29) is 22.8 Å². The second kappa shape index (κ2) is 2.17. The molecule has 3 fully saturated rings. The highest BCUT2D eigenvalue weighted by molar-refractivity contribution is 5.73. The summed E-state index contributed by atoms with van der Waals surface area (Å²) >= 11 is 0. The van der Waals surface area contributed by atoms with Crippen LogP contribution in [0.25, 0.3) is 0 Å². The van der Waals surface area contributed by atoms with Gasteiger partial charge in [0.2, 0.25) is 0 Å². The molecule has 15 heavy (non-hydrogen) atoms. The number of carbonyl (C=O) groups is 1.